The first-order valence-electron chi connectivity index (χ1n) is 9.26. The van der Waals surface area contributed by atoms with Crippen LogP contribution in [0, 0.1) is 5.41 Å². The number of nitrogens with zero attached hydrogens (tertiary/aromatic N) is 2. The summed E-state index contributed by atoms with van der Waals surface area (Å²) < 4.78 is 5.40. The number of H-pyrrole nitrogens is 1. The van der Waals surface area contributed by atoms with Gasteiger partial charge < -0.3 is 10.1 Å². The van der Waals surface area contributed by atoms with Gasteiger partial charge in [0, 0.05) is 38.8 Å². The minimum Gasteiger partial charge on any atom is -0.379 e. The van der Waals surface area contributed by atoms with E-state index in [9.17, 15) is 4.79 Å². The summed E-state index contributed by atoms with van der Waals surface area (Å²) >= 11 is 1.68. The fourth-order valence-electron chi connectivity index (χ4n) is 3.87. The number of thiophene rings is 1. The Hall–Kier alpha value is -1.70. The first-order valence-corrected chi connectivity index (χ1v) is 10.1. The lowest BCUT2D eigenvalue weighted by Crippen LogP contribution is -2.39. The van der Waals surface area contributed by atoms with Crippen molar-refractivity contribution in [1.82, 2.24) is 15.1 Å². The van der Waals surface area contributed by atoms with Gasteiger partial charge in [-0.2, -0.15) is 5.10 Å². The fraction of sp³-hybridized carbons (Fsp3) is 0.579. The van der Waals surface area contributed by atoms with E-state index >= 15 is 0 Å². The third-order valence-corrected chi connectivity index (χ3v) is 6.37. The van der Waals surface area contributed by atoms with Gasteiger partial charge in [-0.15, -0.1) is 11.3 Å². The lowest BCUT2D eigenvalue weighted by Gasteiger charge is -2.29. The van der Waals surface area contributed by atoms with E-state index in [4.69, 9.17) is 4.74 Å². The largest absolute Gasteiger partial charge is 0.379 e. The van der Waals surface area contributed by atoms with Crippen molar-refractivity contribution in [2.24, 2.45) is 5.41 Å². The molecule has 26 heavy (non-hydrogen) atoms. The Kier molecular flexibility index (Phi) is 4.86. The number of hydrogen-bond donors (Lipinski definition) is 2. The third kappa shape index (κ3) is 3.56. The predicted molar refractivity (Wildman–Crippen MR) is 104 cm³/mol. The molecule has 4 rings (SSSR count). The molecule has 140 valence electrons. The van der Waals surface area contributed by atoms with E-state index in [1.807, 2.05) is 6.07 Å². The Labute approximate surface area is 157 Å². The van der Waals surface area contributed by atoms with Crippen molar-refractivity contribution < 1.29 is 9.53 Å². The van der Waals surface area contributed by atoms with Gasteiger partial charge in [-0.25, -0.2) is 0 Å². The van der Waals surface area contributed by atoms with Crippen LogP contribution < -0.4 is 5.32 Å². The summed E-state index contributed by atoms with van der Waals surface area (Å²) in [5.74, 6) is 0.257. The normalized spacial score (nSPS) is 20.2. The van der Waals surface area contributed by atoms with Crippen molar-refractivity contribution in [2.45, 2.75) is 26.7 Å². The molecule has 0 spiro atoms. The van der Waals surface area contributed by atoms with Crippen molar-refractivity contribution in [3.05, 3.63) is 23.4 Å². The molecule has 0 bridgehead atoms. The van der Waals surface area contributed by atoms with Gasteiger partial charge in [0.05, 0.1) is 29.3 Å². The molecule has 1 fully saturated rings. The van der Waals surface area contributed by atoms with E-state index in [0.29, 0.717) is 6.42 Å². The Morgan fingerprint density at radius 3 is 2.88 bits per heavy atom. The summed E-state index contributed by atoms with van der Waals surface area (Å²) in [4.78, 5) is 16.4. The van der Waals surface area contributed by atoms with E-state index in [1.165, 1.54) is 5.56 Å². The van der Waals surface area contributed by atoms with Gasteiger partial charge in [-0.05, 0) is 23.5 Å². The molecule has 0 atom stereocenters. The molecule has 2 aliphatic rings. The number of aromatic nitrogens is 2. The van der Waals surface area contributed by atoms with Gasteiger partial charge >= 0.3 is 0 Å². The number of fused-ring (bicyclic) bond motifs is 1. The number of carbonyl (C=O) groups is 1. The topological polar surface area (TPSA) is 70.2 Å². The minimum atomic E-state index is 0.00496. The lowest BCUT2D eigenvalue weighted by molar-refractivity contribution is 0.0398. The Balaban J connectivity index is 1.57. The highest BCUT2D eigenvalue weighted by atomic mass is 32.1. The van der Waals surface area contributed by atoms with Crippen LogP contribution >= 0.6 is 11.3 Å². The molecular formula is C19H26N4O2S. The molecule has 1 aliphatic heterocycles. The summed E-state index contributed by atoms with van der Waals surface area (Å²) in [5, 5.41) is 11.7. The van der Waals surface area contributed by atoms with Crippen LogP contribution in [-0.4, -0.2) is 60.3 Å². The average Bonchev–Trinajstić information content (AvgIpc) is 3.23. The standard InChI is InChI=1S/C19H26N4O2S/c1-19(2)11-13-16(15(24)12-19)18(26-17(13)14-3-4-21-22-14)20-5-6-23-7-9-25-10-8-23/h3-4,20H,5-12H2,1-2H3,(H,21,22). The Morgan fingerprint density at radius 2 is 2.15 bits per heavy atom. The number of nitrogens with one attached hydrogen (secondary N) is 2. The van der Waals surface area contributed by atoms with Crippen LogP contribution in [0.5, 0.6) is 0 Å². The molecule has 2 aromatic rings. The van der Waals surface area contributed by atoms with Crippen molar-refractivity contribution in [1.29, 1.82) is 0 Å². The third-order valence-electron chi connectivity index (χ3n) is 5.14. The first-order chi connectivity index (χ1) is 12.5. The van der Waals surface area contributed by atoms with Crippen LogP contribution in [-0.2, 0) is 11.2 Å². The first kappa shape index (κ1) is 17.7. The van der Waals surface area contributed by atoms with Gasteiger partial charge in [0.25, 0.3) is 0 Å². The molecule has 3 heterocycles. The maximum absolute atomic E-state index is 12.9. The molecule has 0 unspecified atom stereocenters. The van der Waals surface area contributed by atoms with Crippen LogP contribution in [0.1, 0.15) is 36.2 Å². The SMILES string of the molecule is CC1(C)CC(=O)c2c(NCCN3CCOCC3)sc(-c3ccn[nH]3)c2C1. The molecule has 2 aromatic heterocycles. The molecule has 1 aliphatic carbocycles. The van der Waals surface area contributed by atoms with E-state index in [0.717, 1.165) is 66.9 Å². The molecule has 7 heteroatoms. The van der Waals surface area contributed by atoms with Gasteiger partial charge in [0.2, 0.25) is 0 Å². The highest BCUT2D eigenvalue weighted by Crippen LogP contribution is 2.47. The Morgan fingerprint density at radius 1 is 1.35 bits per heavy atom. The zero-order valence-corrected chi connectivity index (χ0v) is 16.2. The number of rotatable bonds is 5. The van der Waals surface area contributed by atoms with Crippen LogP contribution in [0.15, 0.2) is 12.3 Å². The van der Waals surface area contributed by atoms with E-state index in [-0.39, 0.29) is 11.2 Å². The van der Waals surface area contributed by atoms with Crippen LogP contribution in [0.3, 0.4) is 0 Å². The summed E-state index contributed by atoms with van der Waals surface area (Å²) in [7, 11) is 0. The molecule has 0 saturated carbocycles. The molecule has 1 saturated heterocycles. The molecule has 0 aromatic carbocycles. The van der Waals surface area contributed by atoms with Gasteiger partial charge in [0.15, 0.2) is 5.78 Å². The molecular weight excluding hydrogens is 348 g/mol. The van der Waals surface area contributed by atoms with Crippen LogP contribution in [0.2, 0.25) is 0 Å². The number of Topliss-reactive ketones (excluding diaryl/α,β-unsaturated/α-hetero) is 1. The second kappa shape index (κ2) is 7.13. The monoisotopic (exact) mass is 374 g/mol. The summed E-state index contributed by atoms with van der Waals surface area (Å²) in [6.07, 6.45) is 3.30. The van der Waals surface area contributed by atoms with Gasteiger partial charge in [-0.1, -0.05) is 13.8 Å². The summed E-state index contributed by atoms with van der Waals surface area (Å²) in [5.41, 5.74) is 3.08. The molecule has 0 radical (unpaired) electrons. The lowest BCUT2D eigenvalue weighted by atomic mass is 9.74. The van der Waals surface area contributed by atoms with Crippen molar-refractivity contribution >= 4 is 22.1 Å². The highest BCUT2D eigenvalue weighted by molar-refractivity contribution is 7.20. The van der Waals surface area contributed by atoms with Crippen molar-refractivity contribution in [3.63, 3.8) is 0 Å². The minimum absolute atomic E-state index is 0.00496. The van der Waals surface area contributed by atoms with E-state index in [2.05, 4.69) is 34.3 Å². The number of ether oxygens (including phenoxy) is 1. The number of aromatic amines is 1. The number of ketones is 1. The summed E-state index contributed by atoms with van der Waals surface area (Å²) in [6, 6.07) is 1.98. The van der Waals surface area contributed by atoms with Crippen molar-refractivity contribution in [3.8, 4) is 10.6 Å². The van der Waals surface area contributed by atoms with Crippen LogP contribution in [0.25, 0.3) is 10.6 Å². The highest BCUT2D eigenvalue weighted by Gasteiger charge is 2.36. The van der Waals surface area contributed by atoms with E-state index in [1.54, 1.807) is 17.5 Å². The smallest absolute Gasteiger partial charge is 0.166 e. The fourth-order valence-corrected chi connectivity index (χ4v) is 5.11. The van der Waals surface area contributed by atoms with Gasteiger partial charge in [0.1, 0.15) is 5.00 Å². The number of carbonyl (C=O) groups excluding carboxylic acids is 1. The second-order valence-electron chi connectivity index (χ2n) is 7.91. The van der Waals surface area contributed by atoms with Crippen molar-refractivity contribution in [2.75, 3.05) is 44.7 Å². The number of anilines is 1. The van der Waals surface area contributed by atoms with Gasteiger partial charge in [-0.3, -0.25) is 14.8 Å². The summed E-state index contributed by atoms with van der Waals surface area (Å²) in [6.45, 7) is 9.74. The maximum Gasteiger partial charge on any atom is 0.166 e. The molecule has 2 N–H and O–H groups in total. The van der Waals surface area contributed by atoms with E-state index < -0.39 is 0 Å². The zero-order chi connectivity index (χ0) is 18.1. The number of hydrogen-bond acceptors (Lipinski definition) is 6. The predicted octanol–water partition coefficient (Wildman–Crippen LogP) is 3.04. The molecule has 0 amide bonds. The number of morpholine rings is 1. The Bertz CT molecular complexity index is 776. The molecule has 6 nitrogen and oxygen atoms in total. The quantitative estimate of drug-likeness (QED) is 0.842. The maximum atomic E-state index is 12.9. The average molecular weight is 375 g/mol. The second-order valence-corrected chi connectivity index (χ2v) is 8.93. The van der Waals surface area contributed by atoms with Crippen LogP contribution in [0.4, 0.5) is 5.00 Å². The zero-order valence-electron chi connectivity index (χ0n) is 15.4.